The van der Waals surface area contributed by atoms with Crippen LogP contribution in [-0.2, 0) is 4.74 Å². The van der Waals surface area contributed by atoms with Crippen molar-refractivity contribution in [2.75, 3.05) is 13.2 Å². The summed E-state index contributed by atoms with van der Waals surface area (Å²) < 4.78 is 5.41. The van der Waals surface area contributed by atoms with E-state index in [0.717, 1.165) is 48.9 Å². The fourth-order valence-corrected chi connectivity index (χ4v) is 3.20. The minimum absolute atomic E-state index is 0.0264. The molecule has 3 rings (SSSR count). The monoisotopic (exact) mass is 286 g/mol. The lowest BCUT2D eigenvalue weighted by atomic mass is 9.90. The summed E-state index contributed by atoms with van der Waals surface area (Å²) in [6.07, 6.45) is 4.90. The van der Waals surface area contributed by atoms with E-state index in [9.17, 15) is 4.79 Å². The van der Waals surface area contributed by atoms with Gasteiger partial charge in [-0.1, -0.05) is 13.0 Å². The molecule has 2 heterocycles. The van der Waals surface area contributed by atoms with Crippen LogP contribution in [0.3, 0.4) is 0 Å². The number of carbonyl (C=O) groups excluding carboxylic acids is 1. The van der Waals surface area contributed by atoms with Crippen LogP contribution in [-0.4, -0.2) is 30.1 Å². The fourth-order valence-electron chi connectivity index (χ4n) is 3.20. The fraction of sp³-hybridized carbons (Fsp3) is 0.471. The average Bonchev–Trinajstić information content (AvgIpc) is 3.01. The Labute approximate surface area is 124 Å². The molecule has 4 nitrogen and oxygen atoms in total. The molecular formula is C17H22N2O2. The number of nitrogens with one attached hydrogen (secondary N) is 2. The van der Waals surface area contributed by atoms with Gasteiger partial charge in [-0.25, -0.2) is 0 Å². The zero-order chi connectivity index (χ0) is 14.7. The number of fused-ring (bicyclic) bond motifs is 1. The third kappa shape index (κ3) is 2.95. The molecule has 1 aliphatic rings. The summed E-state index contributed by atoms with van der Waals surface area (Å²) in [6.45, 7) is 3.76. The minimum atomic E-state index is 0.0264. The number of H-pyrrole nitrogens is 1. The van der Waals surface area contributed by atoms with Gasteiger partial charge in [0.15, 0.2) is 0 Å². The molecule has 1 aromatic heterocycles. The number of hydrogen-bond donors (Lipinski definition) is 2. The Hall–Kier alpha value is -1.81. The van der Waals surface area contributed by atoms with Crippen molar-refractivity contribution in [1.29, 1.82) is 0 Å². The van der Waals surface area contributed by atoms with Crippen LogP contribution in [0.15, 0.2) is 30.5 Å². The molecule has 0 unspecified atom stereocenters. The first-order chi connectivity index (χ1) is 10.3. The van der Waals surface area contributed by atoms with Crippen molar-refractivity contribution < 1.29 is 9.53 Å². The zero-order valence-corrected chi connectivity index (χ0v) is 12.4. The first-order valence-electron chi connectivity index (χ1n) is 7.74. The molecule has 1 aliphatic heterocycles. The van der Waals surface area contributed by atoms with Gasteiger partial charge in [-0.05, 0) is 43.4 Å². The van der Waals surface area contributed by atoms with Gasteiger partial charge < -0.3 is 15.0 Å². The number of hydrogen-bond acceptors (Lipinski definition) is 2. The molecule has 1 atom stereocenters. The maximum atomic E-state index is 12.6. The van der Waals surface area contributed by atoms with Crippen LogP contribution in [0, 0.1) is 5.92 Å². The summed E-state index contributed by atoms with van der Waals surface area (Å²) in [5.41, 5.74) is 1.75. The Morgan fingerprint density at radius 3 is 2.95 bits per heavy atom. The quantitative estimate of drug-likeness (QED) is 0.907. The summed E-state index contributed by atoms with van der Waals surface area (Å²) in [5.74, 6) is 0.552. The van der Waals surface area contributed by atoms with Crippen molar-refractivity contribution in [2.24, 2.45) is 5.92 Å². The van der Waals surface area contributed by atoms with Crippen molar-refractivity contribution in [1.82, 2.24) is 10.3 Å². The van der Waals surface area contributed by atoms with E-state index >= 15 is 0 Å². The van der Waals surface area contributed by atoms with Gasteiger partial charge in [0.2, 0.25) is 0 Å². The number of rotatable bonds is 4. The summed E-state index contributed by atoms with van der Waals surface area (Å²) in [4.78, 5) is 15.8. The third-order valence-electron chi connectivity index (χ3n) is 4.43. The first-order valence-corrected chi connectivity index (χ1v) is 7.74. The molecule has 1 aromatic carbocycles. The van der Waals surface area contributed by atoms with E-state index in [-0.39, 0.29) is 11.9 Å². The lowest BCUT2D eigenvalue weighted by Gasteiger charge is -2.30. The maximum absolute atomic E-state index is 12.6. The van der Waals surface area contributed by atoms with Crippen molar-refractivity contribution in [3.05, 3.63) is 36.0 Å². The predicted molar refractivity (Wildman–Crippen MR) is 83.4 cm³/mol. The van der Waals surface area contributed by atoms with Gasteiger partial charge in [0, 0.05) is 41.9 Å². The van der Waals surface area contributed by atoms with Gasteiger partial charge in [-0.3, -0.25) is 4.79 Å². The first kappa shape index (κ1) is 14.1. The Morgan fingerprint density at radius 2 is 2.19 bits per heavy atom. The molecule has 1 fully saturated rings. The summed E-state index contributed by atoms with van der Waals surface area (Å²) in [6, 6.07) is 7.99. The summed E-state index contributed by atoms with van der Waals surface area (Å²) in [5, 5.41) is 4.21. The van der Waals surface area contributed by atoms with Crippen molar-refractivity contribution >= 4 is 16.8 Å². The molecule has 2 aromatic rings. The standard InChI is InChI=1S/C17H22N2O2/c1-2-15(12-7-10-21-11-8-12)19-17(20)14-4-3-5-16-13(14)6-9-18-16/h3-6,9,12,15,18H,2,7-8,10-11H2,1H3,(H,19,20)/t15-/m0/s1. The van der Waals surface area contributed by atoms with Crippen LogP contribution in [0.2, 0.25) is 0 Å². The number of aromatic nitrogens is 1. The molecule has 4 heteroatoms. The van der Waals surface area contributed by atoms with Gasteiger partial charge >= 0.3 is 0 Å². The Kier molecular flexibility index (Phi) is 4.25. The SMILES string of the molecule is CC[C@H](NC(=O)c1cccc2[nH]ccc12)C1CCOCC1. The third-order valence-corrected chi connectivity index (χ3v) is 4.43. The molecule has 0 saturated carbocycles. The molecule has 21 heavy (non-hydrogen) atoms. The molecule has 0 aliphatic carbocycles. The summed E-state index contributed by atoms with van der Waals surface area (Å²) in [7, 11) is 0. The number of amides is 1. The van der Waals surface area contributed by atoms with Gasteiger partial charge in [0.25, 0.3) is 5.91 Å². The highest BCUT2D eigenvalue weighted by Gasteiger charge is 2.24. The van der Waals surface area contributed by atoms with Crippen LogP contribution in [0.25, 0.3) is 10.9 Å². The van der Waals surface area contributed by atoms with E-state index in [2.05, 4.69) is 17.2 Å². The van der Waals surface area contributed by atoms with Gasteiger partial charge in [0.05, 0.1) is 0 Å². The Bertz CT molecular complexity index is 614. The zero-order valence-electron chi connectivity index (χ0n) is 12.4. The smallest absolute Gasteiger partial charge is 0.252 e. The van der Waals surface area contributed by atoms with E-state index in [1.807, 2.05) is 30.5 Å². The van der Waals surface area contributed by atoms with Crippen LogP contribution >= 0.6 is 0 Å². The normalized spacial score (nSPS) is 17.8. The molecule has 1 saturated heterocycles. The Morgan fingerprint density at radius 1 is 1.38 bits per heavy atom. The van der Waals surface area contributed by atoms with E-state index in [1.54, 1.807) is 0 Å². The van der Waals surface area contributed by atoms with E-state index < -0.39 is 0 Å². The molecule has 0 radical (unpaired) electrons. The highest BCUT2D eigenvalue weighted by molar-refractivity contribution is 6.06. The molecule has 2 N–H and O–H groups in total. The van der Waals surface area contributed by atoms with Crippen LogP contribution in [0.5, 0.6) is 0 Å². The van der Waals surface area contributed by atoms with Gasteiger partial charge in [-0.15, -0.1) is 0 Å². The molecule has 0 spiro atoms. The lowest BCUT2D eigenvalue weighted by molar-refractivity contribution is 0.0511. The minimum Gasteiger partial charge on any atom is -0.381 e. The largest absolute Gasteiger partial charge is 0.381 e. The van der Waals surface area contributed by atoms with Crippen molar-refractivity contribution in [3.8, 4) is 0 Å². The lowest BCUT2D eigenvalue weighted by Crippen LogP contribution is -2.42. The number of benzene rings is 1. The van der Waals surface area contributed by atoms with Gasteiger partial charge in [0.1, 0.15) is 0 Å². The van der Waals surface area contributed by atoms with Gasteiger partial charge in [-0.2, -0.15) is 0 Å². The second-order valence-corrected chi connectivity index (χ2v) is 5.68. The average molecular weight is 286 g/mol. The van der Waals surface area contributed by atoms with Crippen molar-refractivity contribution in [2.45, 2.75) is 32.2 Å². The highest BCUT2D eigenvalue weighted by Crippen LogP contribution is 2.22. The molecule has 112 valence electrons. The molecular weight excluding hydrogens is 264 g/mol. The Balaban J connectivity index is 1.76. The predicted octanol–water partition coefficient (Wildman–Crippen LogP) is 3.10. The summed E-state index contributed by atoms with van der Waals surface area (Å²) >= 11 is 0. The second kappa shape index (κ2) is 6.31. The van der Waals surface area contributed by atoms with Crippen LogP contribution in [0.1, 0.15) is 36.5 Å². The molecule has 1 amide bonds. The van der Waals surface area contributed by atoms with Crippen LogP contribution < -0.4 is 5.32 Å². The number of carbonyl (C=O) groups is 1. The van der Waals surface area contributed by atoms with Crippen molar-refractivity contribution in [3.63, 3.8) is 0 Å². The second-order valence-electron chi connectivity index (χ2n) is 5.68. The molecule has 0 bridgehead atoms. The van der Waals surface area contributed by atoms with Crippen LogP contribution in [0.4, 0.5) is 0 Å². The topological polar surface area (TPSA) is 54.1 Å². The maximum Gasteiger partial charge on any atom is 0.252 e. The van der Waals surface area contributed by atoms with E-state index in [1.165, 1.54) is 0 Å². The van der Waals surface area contributed by atoms with E-state index in [0.29, 0.717) is 5.92 Å². The number of ether oxygens (including phenoxy) is 1. The number of aromatic amines is 1. The van der Waals surface area contributed by atoms with E-state index in [4.69, 9.17) is 4.74 Å². The highest BCUT2D eigenvalue weighted by atomic mass is 16.5.